The fourth-order valence-corrected chi connectivity index (χ4v) is 2.02. The van der Waals surface area contributed by atoms with Crippen LogP contribution in [0.15, 0.2) is 30.6 Å². The van der Waals surface area contributed by atoms with Crippen molar-refractivity contribution in [3.05, 3.63) is 52.3 Å². The number of hydrogen-bond donors (Lipinski definition) is 1. The molecular weight excluding hydrogens is 248 g/mol. The number of rotatable bonds is 4. The van der Waals surface area contributed by atoms with E-state index >= 15 is 0 Å². The Kier molecular flexibility index (Phi) is 4.04. The molecule has 18 heavy (non-hydrogen) atoms. The second-order valence-electron chi connectivity index (χ2n) is 4.45. The maximum atomic E-state index is 10.3. The third-order valence-electron chi connectivity index (χ3n) is 2.92. The SMILES string of the molecule is CCCn1cc(C(O)c2ccc(Cl)c(C)c2)cn1. The first-order chi connectivity index (χ1) is 8.61. The zero-order valence-electron chi connectivity index (χ0n) is 10.6. The summed E-state index contributed by atoms with van der Waals surface area (Å²) in [6.45, 7) is 4.89. The van der Waals surface area contributed by atoms with Crippen molar-refractivity contribution in [3.63, 3.8) is 0 Å². The van der Waals surface area contributed by atoms with E-state index in [2.05, 4.69) is 12.0 Å². The summed E-state index contributed by atoms with van der Waals surface area (Å²) in [5.74, 6) is 0. The van der Waals surface area contributed by atoms with Crippen molar-refractivity contribution in [3.8, 4) is 0 Å². The molecule has 0 radical (unpaired) electrons. The van der Waals surface area contributed by atoms with Crippen LogP contribution in [0.25, 0.3) is 0 Å². The molecule has 0 saturated heterocycles. The summed E-state index contributed by atoms with van der Waals surface area (Å²) >= 11 is 5.98. The highest BCUT2D eigenvalue weighted by atomic mass is 35.5. The van der Waals surface area contributed by atoms with Crippen LogP contribution in [0.3, 0.4) is 0 Å². The van der Waals surface area contributed by atoms with Gasteiger partial charge in [0.1, 0.15) is 6.10 Å². The van der Waals surface area contributed by atoms with Crippen molar-refractivity contribution in [2.24, 2.45) is 0 Å². The van der Waals surface area contributed by atoms with Crippen LogP contribution >= 0.6 is 11.6 Å². The molecule has 1 unspecified atom stereocenters. The Bertz CT molecular complexity index is 536. The number of aliphatic hydroxyl groups excluding tert-OH is 1. The third kappa shape index (κ3) is 2.74. The van der Waals surface area contributed by atoms with Crippen molar-refractivity contribution in [1.29, 1.82) is 0 Å². The second-order valence-corrected chi connectivity index (χ2v) is 4.86. The predicted molar refractivity (Wildman–Crippen MR) is 72.8 cm³/mol. The Labute approximate surface area is 112 Å². The van der Waals surface area contributed by atoms with Gasteiger partial charge in [-0.2, -0.15) is 5.10 Å². The van der Waals surface area contributed by atoms with E-state index in [-0.39, 0.29) is 0 Å². The lowest BCUT2D eigenvalue weighted by Crippen LogP contribution is -2.00. The van der Waals surface area contributed by atoms with Crippen LogP contribution in [0.2, 0.25) is 5.02 Å². The Morgan fingerprint density at radius 2 is 2.17 bits per heavy atom. The maximum Gasteiger partial charge on any atom is 0.107 e. The molecule has 2 aromatic rings. The number of aromatic nitrogens is 2. The molecule has 96 valence electrons. The van der Waals surface area contributed by atoms with Gasteiger partial charge in [-0.25, -0.2) is 0 Å². The minimum absolute atomic E-state index is 0.647. The molecular formula is C14H17ClN2O. The average Bonchev–Trinajstić information content (AvgIpc) is 2.81. The van der Waals surface area contributed by atoms with Crippen molar-refractivity contribution in [1.82, 2.24) is 9.78 Å². The molecule has 1 heterocycles. The van der Waals surface area contributed by atoms with Crippen LogP contribution in [0.4, 0.5) is 0 Å². The molecule has 1 atom stereocenters. The number of aryl methyl sites for hydroxylation is 2. The molecule has 0 aliphatic heterocycles. The van der Waals surface area contributed by atoms with Crippen molar-refractivity contribution >= 4 is 11.6 Å². The lowest BCUT2D eigenvalue weighted by Gasteiger charge is -2.10. The normalized spacial score (nSPS) is 12.7. The monoisotopic (exact) mass is 264 g/mol. The van der Waals surface area contributed by atoms with Crippen molar-refractivity contribution in [2.45, 2.75) is 32.9 Å². The van der Waals surface area contributed by atoms with Crippen LogP contribution in [0.5, 0.6) is 0 Å². The van der Waals surface area contributed by atoms with Gasteiger partial charge in [0.2, 0.25) is 0 Å². The average molecular weight is 265 g/mol. The zero-order valence-corrected chi connectivity index (χ0v) is 11.4. The topological polar surface area (TPSA) is 38.0 Å². The second kappa shape index (κ2) is 5.55. The quantitative estimate of drug-likeness (QED) is 0.920. The maximum absolute atomic E-state index is 10.3. The summed E-state index contributed by atoms with van der Waals surface area (Å²) in [6, 6.07) is 5.56. The molecule has 0 spiro atoms. The lowest BCUT2D eigenvalue weighted by atomic mass is 10.0. The van der Waals surface area contributed by atoms with Gasteiger partial charge in [-0.05, 0) is 30.5 Å². The van der Waals surface area contributed by atoms with Crippen molar-refractivity contribution < 1.29 is 5.11 Å². The minimum atomic E-state index is -0.647. The number of benzene rings is 1. The molecule has 1 aromatic heterocycles. The predicted octanol–water partition coefficient (Wildman–Crippen LogP) is 3.34. The van der Waals surface area contributed by atoms with Gasteiger partial charge in [-0.3, -0.25) is 4.68 Å². The smallest absolute Gasteiger partial charge is 0.107 e. The summed E-state index contributed by atoms with van der Waals surface area (Å²) in [4.78, 5) is 0. The molecule has 4 heteroatoms. The lowest BCUT2D eigenvalue weighted by molar-refractivity contribution is 0.220. The van der Waals surface area contributed by atoms with E-state index < -0.39 is 6.10 Å². The van der Waals surface area contributed by atoms with Gasteiger partial charge in [-0.15, -0.1) is 0 Å². The van der Waals surface area contributed by atoms with Crippen molar-refractivity contribution in [2.75, 3.05) is 0 Å². The van der Waals surface area contributed by atoms with Crippen LogP contribution in [-0.4, -0.2) is 14.9 Å². The van der Waals surface area contributed by atoms with Gasteiger partial charge >= 0.3 is 0 Å². The van der Waals surface area contributed by atoms with Gasteiger partial charge in [0.15, 0.2) is 0 Å². The molecule has 0 bridgehead atoms. The largest absolute Gasteiger partial charge is 0.384 e. The zero-order chi connectivity index (χ0) is 13.1. The number of nitrogens with zero attached hydrogens (tertiary/aromatic N) is 2. The van der Waals surface area contributed by atoms with E-state index in [0.717, 1.165) is 29.7 Å². The molecule has 1 N–H and O–H groups in total. The van der Waals surface area contributed by atoms with E-state index in [1.165, 1.54) is 0 Å². The molecule has 0 fully saturated rings. The molecule has 2 rings (SSSR count). The Morgan fingerprint density at radius 3 is 2.83 bits per heavy atom. The highest BCUT2D eigenvalue weighted by Gasteiger charge is 2.13. The summed E-state index contributed by atoms with van der Waals surface area (Å²) in [5.41, 5.74) is 2.62. The van der Waals surface area contributed by atoms with Gasteiger partial charge in [0.05, 0.1) is 6.20 Å². The van der Waals surface area contributed by atoms with Crippen LogP contribution in [0.1, 0.15) is 36.1 Å². The molecule has 0 amide bonds. The van der Waals surface area contributed by atoms with E-state index in [1.54, 1.807) is 6.20 Å². The summed E-state index contributed by atoms with van der Waals surface area (Å²) in [6.07, 6.45) is 3.98. The standard InChI is InChI=1S/C14H17ClN2O/c1-3-6-17-9-12(8-16-17)14(18)11-4-5-13(15)10(2)7-11/h4-5,7-9,14,18H,3,6H2,1-2H3. The highest BCUT2D eigenvalue weighted by Crippen LogP contribution is 2.25. The highest BCUT2D eigenvalue weighted by molar-refractivity contribution is 6.31. The fraction of sp³-hybridized carbons (Fsp3) is 0.357. The Balaban J connectivity index is 2.23. The molecule has 1 aromatic carbocycles. The molecule has 0 aliphatic carbocycles. The molecule has 0 saturated carbocycles. The van der Waals surface area contributed by atoms with Crippen LogP contribution in [0, 0.1) is 6.92 Å². The van der Waals surface area contributed by atoms with E-state index in [0.29, 0.717) is 5.02 Å². The third-order valence-corrected chi connectivity index (χ3v) is 3.34. The van der Waals surface area contributed by atoms with Gasteiger partial charge < -0.3 is 5.11 Å². The molecule has 3 nitrogen and oxygen atoms in total. The van der Waals surface area contributed by atoms with E-state index in [9.17, 15) is 5.11 Å². The number of aliphatic hydroxyl groups is 1. The van der Waals surface area contributed by atoms with Gasteiger partial charge in [-0.1, -0.05) is 30.7 Å². The Hall–Kier alpha value is -1.32. The summed E-state index contributed by atoms with van der Waals surface area (Å²) in [5, 5.41) is 15.2. The van der Waals surface area contributed by atoms with Crippen LogP contribution in [-0.2, 0) is 6.54 Å². The first kappa shape index (κ1) is 13.1. The molecule has 0 aliphatic rings. The summed E-state index contributed by atoms with van der Waals surface area (Å²) in [7, 11) is 0. The van der Waals surface area contributed by atoms with Gasteiger partial charge in [0, 0.05) is 23.3 Å². The van der Waals surface area contributed by atoms with E-state index in [4.69, 9.17) is 11.6 Å². The first-order valence-electron chi connectivity index (χ1n) is 6.08. The fourth-order valence-electron chi connectivity index (χ4n) is 1.90. The minimum Gasteiger partial charge on any atom is -0.384 e. The van der Waals surface area contributed by atoms with Crippen LogP contribution < -0.4 is 0 Å². The Morgan fingerprint density at radius 1 is 1.39 bits per heavy atom. The first-order valence-corrected chi connectivity index (χ1v) is 6.46. The van der Waals surface area contributed by atoms with Gasteiger partial charge in [0.25, 0.3) is 0 Å². The summed E-state index contributed by atoms with van der Waals surface area (Å²) < 4.78 is 1.85. The number of halogens is 1. The van der Waals surface area contributed by atoms with E-state index in [1.807, 2.05) is 36.0 Å². The number of hydrogen-bond acceptors (Lipinski definition) is 2.